The number of hydrogen-bond acceptors (Lipinski definition) is 6. The van der Waals surface area contributed by atoms with Gasteiger partial charge in [0.05, 0.1) is 17.2 Å². The van der Waals surface area contributed by atoms with E-state index in [9.17, 15) is 0 Å². The van der Waals surface area contributed by atoms with Crippen molar-refractivity contribution in [3.05, 3.63) is 47.7 Å². The maximum atomic E-state index is 5.37. The molecular weight excluding hydrogens is 304 g/mol. The monoisotopic (exact) mass is 318 g/mol. The zero-order valence-electron chi connectivity index (χ0n) is 11.6. The summed E-state index contributed by atoms with van der Waals surface area (Å²) in [6, 6.07) is 11.9. The van der Waals surface area contributed by atoms with E-state index in [0.717, 1.165) is 15.5 Å². The second-order valence-corrected chi connectivity index (χ2v) is 6.73. The van der Waals surface area contributed by atoms with Crippen molar-refractivity contribution in [3.8, 4) is 16.5 Å². The van der Waals surface area contributed by atoms with Crippen molar-refractivity contribution >= 4 is 23.1 Å². The van der Waals surface area contributed by atoms with Crippen LogP contribution in [-0.4, -0.2) is 17.3 Å². The smallest absolute Gasteiger partial charge is 0.240 e. The van der Waals surface area contributed by atoms with E-state index in [0.29, 0.717) is 11.7 Å². The van der Waals surface area contributed by atoms with Crippen LogP contribution in [0.3, 0.4) is 0 Å². The van der Waals surface area contributed by atoms with Gasteiger partial charge in [0.1, 0.15) is 5.75 Å². The summed E-state index contributed by atoms with van der Waals surface area (Å²) in [6.45, 7) is 2.06. The molecule has 0 spiro atoms. The molecule has 21 heavy (non-hydrogen) atoms. The van der Waals surface area contributed by atoms with Gasteiger partial charge in [0.25, 0.3) is 0 Å². The van der Waals surface area contributed by atoms with E-state index in [-0.39, 0.29) is 5.25 Å². The Bertz CT molecular complexity index is 693. The van der Waals surface area contributed by atoms with Crippen molar-refractivity contribution in [3.63, 3.8) is 0 Å². The number of benzene rings is 1. The molecule has 3 aromatic rings. The Hall–Kier alpha value is -1.79. The minimum atomic E-state index is 0.0969. The van der Waals surface area contributed by atoms with Crippen LogP contribution in [0.4, 0.5) is 0 Å². The SMILES string of the molecule is COc1ccc(S[C@@H](C)c2nc(-c3cccs3)no2)cc1. The lowest BCUT2D eigenvalue weighted by atomic mass is 10.3. The molecule has 0 aliphatic carbocycles. The molecule has 0 radical (unpaired) electrons. The van der Waals surface area contributed by atoms with Crippen molar-refractivity contribution in [2.24, 2.45) is 0 Å². The molecule has 108 valence electrons. The Kier molecular flexibility index (Phi) is 4.26. The Labute approximate surface area is 131 Å². The largest absolute Gasteiger partial charge is 0.497 e. The summed E-state index contributed by atoms with van der Waals surface area (Å²) in [6.07, 6.45) is 0. The second kappa shape index (κ2) is 6.32. The van der Waals surface area contributed by atoms with E-state index in [1.165, 1.54) is 0 Å². The maximum Gasteiger partial charge on any atom is 0.240 e. The van der Waals surface area contributed by atoms with Gasteiger partial charge in [-0.25, -0.2) is 0 Å². The summed E-state index contributed by atoms with van der Waals surface area (Å²) in [4.78, 5) is 6.63. The fourth-order valence-electron chi connectivity index (χ4n) is 1.82. The van der Waals surface area contributed by atoms with Crippen molar-refractivity contribution in [2.45, 2.75) is 17.1 Å². The third-order valence-electron chi connectivity index (χ3n) is 2.90. The van der Waals surface area contributed by atoms with Gasteiger partial charge in [-0.05, 0) is 42.6 Å². The average Bonchev–Trinajstić information content (AvgIpc) is 3.19. The maximum absolute atomic E-state index is 5.37. The zero-order valence-corrected chi connectivity index (χ0v) is 13.3. The van der Waals surface area contributed by atoms with Gasteiger partial charge in [0.2, 0.25) is 11.7 Å². The minimum absolute atomic E-state index is 0.0969. The van der Waals surface area contributed by atoms with Gasteiger partial charge in [-0.15, -0.1) is 23.1 Å². The number of thiophene rings is 1. The predicted octanol–water partition coefficient (Wildman–Crippen LogP) is 4.66. The van der Waals surface area contributed by atoms with Crippen molar-refractivity contribution in [1.82, 2.24) is 10.1 Å². The van der Waals surface area contributed by atoms with Gasteiger partial charge < -0.3 is 9.26 Å². The summed E-state index contributed by atoms with van der Waals surface area (Å²) in [5.41, 5.74) is 0. The van der Waals surface area contributed by atoms with Crippen molar-refractivity contribution in [1.29, 1.82) is 0 Å². The summed E-state index contributed by atoms with van der Waals surface area (Å²) < 4.78 is 10.5. The molecule has 2 heterocycles. The van der Waals surface area contributed by atoms with Crippen LogP contribution in [0.1, 0.15) is 18.1 Å². The predicted molar refractivity (Wildman–Crippen MR) is 84.9 cm³/mol. The van der Waals surface area contributed by atoms with Gasteiger partial charge >= 0.3 is 0 Å². The van der Waals surface area contributed by atoms with Gasteiger partial charge in [0.15, 0.2) is 0 Å². The first-order chi connectivity index (χ1) is 10.3. The molecule has 1 atom stereocenters. The van der Waals surface area contributed by atoms with Crippen molar-refractivity contribution < 1.29 is 9.26 Å². The van der Waals surface area contributed by atoms with Gasteiger partial charge in [0, 0.05) is 4.90 Å². The van der Waals surface area contributed by atoms with Crippen LogP contribution in [0.5, 0.6) is 5.75 Å². The molecule has 0 saturated heterocycles. The fourth-order valence-corrected chi connectivity index (χ4v) is 3.36. The lowest BCUT2D eigenvalue weighted by Crippen LogP contribution is -1.89. The molecule has 3 rings (SSSR count). The number of ether oxygens (including phenoxy) is 1. The number of methoxy groups -OCH3 is 1. The normalized spacial score (nSPS) is 12.3. The van der Waals surface area contributed by atoms with Crippen LogP contribution < -0.4 is 4.74 Å². The van der Waals surface area contributed by atoms with Crippen LogP contribution >= 0.6 is 23.1 Å². The number of hydrogen-bond donors (Lipinski definition) is 0. The first kappa shape index (κ1) is 14.2. The molecule has 0 bridgehead atoms. The van der Waals surface area contributed by atoms with E-state index in [2.05, 4.69) is 17.1 Å². The highest BCUT2D eigenvalue weighted by Crippen LogP contribution is 2.35. The molecule has 0 saturated carbocycles. The highest BCUT2D eigenvalue weighted by molar-refractivity contribution is 7.99. The molecular formula is C15H14N2O2S2. The molecule has 1 aromatic carbocycles. The standard InChI is InChI=1S/C15H14N2O2S2/c1-10(21-12-7-5-11(18-2)6-8-12)15-16-14(17-19-15)13-4-3-9-20-13/h3-10H,1-2H3/t10-/m0/s1. The summed E-state index contributed by atoms with van der Waals surface area (Å²) in [5.74, 6) is 2.14. The second-order valence-electron chi connectivity index (χ2n) is 4.37. The Balaban J connectivity index is 1.71. The van der Waals surface area contributed by atoms with E-state index < -0.39 is 0 Å². The molecule has 4 nitrogen and oxygen atoms in total. The lowest BCUT2D eigenvalue weighted by Gasteiger charge is -2.07. The average molecular weight is 318 g/mol. The van der Waals surface area contributed by atoms with E-state index in [1.807, 2.05) is 41.8 Å². The first-order valence-corrected chi connectivity index (χ1v) is 8.20. The topological polar surface area (TPSA) is 48.2 Å². The van der Waals surface area contributed by atoms with E-state index in [4.69, 9.17) is 9.26 Å². The zero-order chi connectivity index (χ0) is 14.7. The van der Waals surface area contributed by atoms with E-state index >= 15 is 0 Å². The summed E-state index contributed by atoms with van der Waals surface area (Å²) >= 11 is 3.28. The lowest BCUT2D eigenvalue weighted by molar-refractivity contribution is 0.381. The molecule has 0 unspecified atom stereocenters. The minimum Gasteiger partial charge on any atom is -0.497 e. The molecule has 6 heteroatoms. The Morgan fingerprint density at radius 2 is 2.05 bits per heavy atom. The fraction of sp³-hybridized carbons (Fsp3) is 0.200. The number of rotatable bonds is 5. The Morgan fingerprint density at radius 3 is 2.71 bits per heavy atom. The first-order valence-electron chi connectivity index (χ1n) is 6.44. The Morgan fingerprint density at radius 1 is 1.24 bits per heavy atom. The highest BCUT2D eigenvalue weighted by atomic mass is 32.2. The van der Waals surface area contributed by atoms with Gasteiger partial charge in [-0.2, -0.15) is 4.98 Å². The van der Waals surface area contributed by atoms with Crippen LogP contribution in [0.15, 0.2) is 51.2 Å². The molecule has 0 fully saturated rings. The number of nitrogens with zero attached hydrogens (tertiary/aromatic N) is 2. The van der Waals surface area contributed by atoms with Crippen LogP contribution in [-0.2, 0) is 0 Å². The van der Waals surface area contributed by atoms with E-state index in [1.54, 1.807) is 30.2 Å². The molecule has 0 aliphatic rings. The van der Waals surface area contributed by atoms with Crippen LogP contribution in [0.2, 0.25) is 0 Å². The molecule has 0 aliphatic heterocycles. The molecule has 0 amide bonds. The molecule has 0 N–H and O–H groups in total. The number of thioether (sulfide) groups is 1. The van der Waals surface area contributed by atoms with Crippen LogP contribution in [0.25, 0.3) is 10.7 Å². The van der Waals surface area contributed by atoms with Gasteiger partial charge in [-0.1, -0.05) is 11.2 Å². The summed E-state index contributed by atoms with van der Waals surface area (Å²) in [5, 5.41) is 6.14. The summed E-state index contributed by atoms with van der Waals surface area (Å²) in [7, 11) is 1.66. The van der Waals surface area contributed by atoms with Crippen LogP contribution in [0, 0.1) is 0 Å². The number of aromatic nitrogens is 2. The third kappa shape index (κ3) is 3.28. The van der Waals surface area contributed by atoms with Gasteiger partial charge in [-0.3, -0.25) is 0 Å². The highest BCUT2D eigenvalue weighted by Gasteiger charge is 2.16. The quantitative estimate of drug-likeness (QED) is 0.640. The molecule has 2 aromatic heterocycles. The van der Waals surface area contributed by atoms with Crippen molar-refractivity contribution in [2.75, 3.05) is 7.11 Å². The third-order valence-corrected chi connectivity index (χ3v) is 4.87.